The average Bonchev–Trinajstić information content (AvgIpc) is 3.92. The van der Waals surface area contributed by atoms with Gasteiger partial charge in [-0.15, -0.1) is 0 Å². The molecule has 0 radical (unpaired) electrons. The molecule has 0 N–H and O–H groups in total. The number of aromatic nitrogens is 9. The molecule has 0 spiro atoms. The molecule has 10 nitrogen and oxygen atoms in total. The zero-order chi connectivity index (χ0) is 48.4. The molecular weight excluding hydrogens is 873 g/mol. The van der Waals surface area contributed by atoms with Crippen molar-refractivity contribution in [1.82, 2.24) is 44.0 Å². The Balaban J connectivity index is 1.28. The fourth-order valence-electron chi connectivity index (χ4n) is 9.69. The maximum Gasteiger partial charge on any atom is 0.164 e. The summed E-state index contributed by atoms with van der Waals surface area (Å²) in [5, 5.41) is 0. The van der Waals surface area contributed by atoms with E-state index in [9.17, 15) is 0 Å². The number of anilines is 3. The van der Waals surface area contributed by atoms with Gasteiger partial charge in [0.2, 0.25) is 0 Å². The van der Waals surface area contributed by atoms with Gasteiger partial charge < -0.3 is 14.0 Å². The van der Waals surface area contributed by atoms with Crippen molar-refractivity contribution in [2.24, 2.45) is 0 Å². The summed E-state index contributed by atoms with van der Waals surface area (Å²) in [7, 11) is 0. The molecule has 12 aromatic rings. The average molecular weight is 923 g/mol. The molecule has 7 aromatic heterocycles. The molecule has 0 aliphatic carbocycles. The second kappa shape index (κ2) is 17.0. The molecule has 0 saturated heterocycles. The highest BCUT2D eigenvalue weighted by molar-refractivity contribution is 6.08. The van der Waals surface area contributed by atoms with E-state index in [1.165, 1.54) is 11.1 Å². The Bertz CT molecular complexity index is 3580. The summed E-state index contributed by atoms with van der Waals surface area (Å²) >= 11 is 0. The molecule has 0 bridgehead atoms. The van der Waals surface area contributed by atoms with Gasteiger partial charge in [-0.05, 0) is 107 Å². The number of benzene rings is 5. The second-order valence-corrected chi connectivity index (χ2v) is 20.0. The number of fused-ring (bicyclic) bond motifs is 6. The summed E-state index contributed by atoms with van der Waals surface area (Å²) in [6.45, 7) is 13.5. The van der Waals surface area contributed by atoms with Crippen molar-refractivity contribution in [3.8, 4) is 45.5 Å². The largest absolute Gasteiger partial charge is 0.307 e. The summed E-state index contributed by atoms with van der Waals surface area (Å²) in [5.41, 5.74) is 16.2. The fraction of sp³-hybridized carbons (Fsp3) is 0.131. The number of hydrogen-bond donors (Lipinski definition) is 0. The van der Waals surface area contributed by atoms with Crippen LogP contribution in [0, 0.1) is 0 Å². The zero-order valence-electron chi connectivity index (χ0n) is 40.4. The predicted octanol–water partition coefficient (Wildman–Crippen LogP) is 14.7. The Labute approximate surface area is 412 Å². The summed E-state index contributed by atoms with van der Waals surface area (Å²) in [5.74, 6) is 1.64. The van der Waals surface area contributed by atoms with E-state index in [2.05, 4.69) is 141 Å². The van der Waals surface area contributed by atoms with Gasteiger partial charge in [-0.25, -0.2) is 15.0 Å². The van der Waals surface area contributed by atoms with Crippen LogP contribution in [0.25, 0.3) is 89.7 Å². The summed E-state index contributed by atoms with van der Waals surface area (Å²) < 4.78 is 4.60. The van der Waals surface area contributed by atoms with E-state index >= 15 is 0 Å². The van der Waals surface area contributed by atoms with Crippen molar-refractivity contribution >= 4 is 61.2 Å². The molecule has 71 heavy (non-hydrogen) atoms. The van der Waals surface area contributed by atoms with Gasteiger partial charge >= 0.3 is 0 Å². The van der Waals surface area contributed by atoms with E-state index in [-0.39, 0.29) is 10.8 Å². The molecule has 5 aromatic carbocycles. The number of hydrogen-bond acceptors (Lipinski definition) is 8. The van der Waals surface area contributed by atoms with Crippen molar-refractivity contribution < 1.29 is 0 Å². The van der Waals surface area contributed by atoms with Gasteiger partial charge in [0.05, 0.1) is 39.1 Å². The van der Waals surface area contributed by atoms with Gasteiger partial charge in [0, 0.05) is 52.9 Å². The summed E-state index contributed by atoms with van der Waals surface area (Å²) in [6.07, 6.45) is 7.34. The summed E-state index contributed by atoms with van der Waals surface area (Å²) in [6, 6.07) is 59.1. The van der Waals surface area contributed by atoms with Crippen molar-refractivity contribution in [2.75, 3.05) is 4.90 Å². The molecule has 0 atom stereocenters. The third kappa shape index (κ3) is 7.65. The van der Waals surface area contributed by atoms with Gasteiger partial charge in [0.15, 0.2) is 17.5 Å². The van der Waals surface area contributed by atoms with Crippen LogP contribution in [0.1, 0.15) is 52.7 Å². The first kappa shape index (κ1) is 43.4. The van der Waals surface area contributed by atoms with Crippen LogP contribution < -0.4 is 4.90 Å². The molecule has 10 heteroatoms. The van der Waals surface area contributed by atoms with E-state index in [4.69, 9.17) is 34.9 Å². The smallest absolute Gasteiger partial charge is 0.164 e. The Morgan fingerprint density at radius 1 is 0.352 bits per heavy atom. The van der Waals surface area contributed by atoms with E-state index in [1.807, 2.05) is 110 Å². The molecule has 0 fully saturated rings. The standard InChI is InChI=1S/C61H50N10/c1-60(2,3)42-25-29-44(30-26-42)69(45-31-27-43(28-32-45)61(4,5)6)56-50(70-46-21-13-33-62-52(46)53-47(70)22-14-34-63-53)37-41(38-51(56)71-48-23-15-35-64-54(48)55-49(71)24-16-36-65-55)59-67-57(39-17-9-7-10-18-39)66-58(68-59)40-19-11-8-12-20-40/h7-38H,1-6H3. The minimum atomic E-state index is -0.0661. The molecule has 0 unspecified atom stereocenters. The van der Waals surface area contributed by atoms with Crippen molar-refractivity contribution in [2.45, 2.75) is 52.4 Å². The summed E-state index contributed by atoms with van der Waals surface area (Å²) in [4.78, 5) is 38.1. The van der Waals surface area contributed by atoms with Crippen LogP contribution >= 0.6 is 0 Å². The minimum absolute atomic E-state index is 0.0661. The topological polar surface area (TPSA) is 103 Å². The third-order valence-corrected chi connectivity index (χ3v) is 13.3. The van der Waals surface area contributed by atoms with Gasteiger partial charge in [-0.3, -0.25) is 19.9 Å². The Hall–Kier alpha value is -8.89. The molecule has 0 aliphatic heterocycles. The Morgan fingerprint density at radius 3 is 1.00 bits per heavy atom. The highest BCUT2D eigenvalue weighted by atomic mass is 15.2. The fourth-order valence-corrected chi connectivity index (χ4v) is 9.69. The lowest BCUT2D eigenvalue weighted by molar-refractivity contribution is 0.590. The molecule has 7 heterocycles. The quantitative estimate of drug-likeness (QED) is 0.148. The highest BCUT2D eigenvalue weighted by Gasteiger charge is 2.30. The van der Waals surface area contributed by atoms with Crippen LogP contribution in [0.15, 0.2) is 195 Å². The zero-order valence-corrected chi connectivity index (χ0v) is 40.4. The maximum atomic E-state index is 5.35. The molecule has 0 saturated carbocycles. The van der Waals surface area contributed by atoms with E-state index in [1.54, 1.807) is 0 Å². The van der Waals surface area contributed by atoms with E-state index in [0.717, 1.165) is 89.3 Å². The molecule has 12 rings (SSSR count). The van der Waals surface area contributed by atoms with Crippen molar-refractivity contribution in [3.63, 3.8) is 0 Å². The van der Waals surface area contributed by atoms with Crippen LogP contribution in [0.4, 0.5) is 17.1 Å². The first-order valence-electron chi connectivity index (χ1n) is 24.0. The Morgan fingerprint density at radius 2 is 0.676 bits per heavy atom. The van der Waals surface area contributed by atoms with Crippen LogP contribution in [-0.2, 0) is 10.8 Å². The van der Waals surface area contributed by atoms with E-state index in [0.29, 0.717) is 17.5 Å². The predicted molar refractivity (Wildman–Crippen MR) is 288 cm³/mol. The maximum absolute atomic E-state index is 5.35. The molecule has 0 aliphatic rings. The lowest BCUT2D eigenvalue weighted by Crippen LogP contribution is -2.18. The first-order valence-corrected chi connectivity index (χ1v) is 24.0. The highest BCUT2D eigenvalue weighted by Crippen LogP contribution is 2.48. The monoisotopic (exact) mass is 922 g/mol. The third-order valence-electron chi connectivity index (χ3n) is 13.3. The van der Waals surface area contributed by atoms with Crippen molar-refractivity contribution in [1.29, 1.82) is 0 Å². The van der Waals surface area contributed by atoms with Crippen LogP contribution in [0.2, 0.25) is 0 Å². The number of nitrogens with zero attached hydrogens (tertiary/aromatic N) is 10. The minimum Gasteiger partial charge on any atom is -0.307 e. The molecule has 344 valence electrons. The number of pyridine rings is 4. The number of rotatable bonds is 8. The van der Waals surface area contributed by atoms with Gasteiger partial charge in [-0.1, -0.05) is 126 Å². The van der Waals surface area contributed by atoms with Gasteiger partial charge in [0.1, 0.15) is 22.1 Å². The molecular formula is C61H50N10. The van der Waals surface area contributed by atoms with Crippen LogP contribution in [-0.4, -0.2) is 44.0 Å². The lowest BCUT2D eigenvalue weighted by atomic mass is 9.86. The van der Waals surface area contributed by atoms with Crippen LogP contribution in [0.5, 0.6) is 0 Å². The van der Waals surface area contributed by atoms with E-state index < -0.39 is 0 Å². The second-order valence-electron chi connectivity index (χ2n) is 20.0. The van der Waals surface area contributed by atoms with Gasteiger partial charge in [-0.2, -0.15) is 0 Å². The Kier molecular flexibility index (Phi) is 10.4. The van der Waals surface area contributed by atoms with Gasteiger partial charge in [0.25, 0.3) is 0 Å². The normalized spacial score (nSPS) is 12.1. The van der Waals surface area contributed by atoms with Crippen molar-refractivity contribution in [3.05, 3.63) is 206 Å². The first-order chi connectivity index (χ1) is 34.5. The SMILES string of the molecule is CC(C)(C)c1ccc(N(c2ccc(C(C)(C)C)cc2)c2c(-n3c4cccnc4c4ncccc43)cc(-c3nc(-c4ccccc4)nc(-c4ccccc4)n3)cc2-n2c3cccnc3c3ncccc32)cc1. The molecule has 0 amide bonds. The lowest BCUT2D eigenvalue weighted by Gasteiger charge is -2.32. The van der Waals surface area contributed by atoms with Crippen LogP contribution in [0.3, 0.4) is 0 Å².